The fourth-order valence-corrected chi connectivity index (χ4v) is 2.30. The molecule has 100 valence electrons. The third kappa shape index (κ3) is 3.68. The molecule has 1 rings (SSSR count). The highest BCUT2D eigenvalue weighted by Gasteiger charge is 2.41. The number of hydrogen-bond acceptors (Lipinski definition) is 4. The largest absolute Gasteiger partial charge is 0.468 e. The van der Waals surface area contributed by atoms with Crippen LogP contribution in [0.2, 0.25) is 0 Å². The van der Waals surface area contributed by atoms with Gasteiger partial charge in [-0.2, -0.15) is 0 Å². The summed E-state index contributed by atoms with van der Waals surface area (Å²) in [5.41, 5.74) is -0.454. The highest BCUT2D eigenvalue weighted by molar-refractivity contribution is 5.81. The summed E-state index contributed by atoms with van der Waals surface area (Å²) in [6, 6.07) is 0. The van der Waals surface area contributed by atoms with Crippen LogP contribution >= 0.6 is 0 Å². The van der Waals surface area contributed by atoms with E-state index in [0.29, 0.717) is 5.92 Å². The van der Waals surface area contributed by atoms with Crippen LogP contribution in [-0.2, 0) is 9.53 Å². The van der Waals surface area contributed by atoms with E-state index in [1.807, 2.05) is 0 Å². The number of carbonyl (C=O) groups excluding carboxylic acids is 1. The van der Waals surface area contributed by atoms with E-state index >= 15 is 0 Å². The van der Waals surface area contributed by atoms with Crippen molar-refractivity contribution in [3.8, 4) is 0 Å². The summed E-state index contributed by atoms with van der Waals surface area (Å²) in [7, 11) is 1.48. The van der Waals surface area contributed by atoms with Crippen molar-refractivity contribution in [2.45, 2.75) is 39.2 Å². The molecule has 0 radical (unpaired) electrons. The lowest BCUT2D eigenvalue weighted by atomic mass is 9.87. The summed E-state index contributed by atoms with van der Waals surface area (Å²) < 4.78 is 4.97. The lowest BCUT2D eigenvalue weighted by molar-refractivity contribution is -0.151. The quantitative estimate of drug-likeness (QED) is 0.737. The van der Waals surface area contributed by atoms with Gasteiger partial charge in [0.1, 0.15) is 5.54 Å². The van der Waals surface area contributed by atoms with Crippen LogP contribution in [0, 0.1) is 5.92 Å². The summed E-state index contributed by atoms with van der Waals surface area (Å²) in [4.78, 5) is 14.4. The maximum Gasteiger partial charge on any atom is 0.326 e. The zero-order chi connectivity index (χ0) is 12.9. The lowest BCUT2D eigenvalue weighted by Gasteiger charge is -2.40. The average Bonchev–Trinajstić information content (AvgIpc) is 2.36. The maximum absolute atomic E-state index is 12.0. The van der Waals surface area contributed by atoms with Gasteiger partial charge >= 0.3 is 5.97 Å². The van der Waals surface area contributed by atoms with Crippen LogP contribution in [0.25, 0.3) is 0 Å². The first kappa shape index (κ1) is 14.5. The van der Waals surface area contributed by atoms with Gasteiger partial charge in [0, 0.05) is 13.1 Å². The predicted octanol–water partition coefficient (Wildman–Crippen LogP) is 1.26. The second-order valence-corrected chi connectivity index (χ2v) is 5.28. The Morgan fingerprint density at radius 1 is 1.41 bits per heavy atom. The summed E-state index contributed by atoms with van der Waals surface area (Å²) in [6.45, 7) is 10.3. The van der Waals surface area contributed by atoms with Crippen molar-refractivity contribution in [3.63, 3.8) is 0 Å². The molecule has 1 aliphatic rings. The van der Waals surface area contributed by atoms with Crippen LogP contribution in [0.1, 0.15) is 33.6 Å². The van der Waals surface area contributed by atoms with Crippen molar-refractivity contribution >= 4 is 5.97 Å². The molecule has 1 fully saturated rings. The van der Waals surface area contributed by atoms with Gasteiger partial charge in [-0.15, -0.1) is 0 Å². The third-order valence-electron chi connectivity index (χ3n) is 3.58. The van der Waals surface area contributed by atoms with Crippen LogP contribution < -0.4 is 5.32 Å². The second kappa shape index (κ2) is 6.36. The number of piperidine rings is 1. The Hall–Kier alpha value is -0.610. The first-order chi connectivity index (χ1) is 8.04. The third-order valence-corrected chi connectivity index (χ3v) is 3.58. The lowest BCUT2D eigenvalue weighted by Crippen LogP contribution is -2.59. The van der Waals surface area contributed by atoms with Gasteiger partial charge in [0.2, 0.25) is 0 Å². The van der Waals surface area contributed by atoms with Crippen molar-refractivity contribution in [1.29, 1.82) is 0 Å². The Balaban J connectivity index is 2.64. The normalized spacial score (nSPS) is 20.5. The molecular formula is C13H26N2O2. The molecule has 1 N–H and O–H groups in total. The van der Waals surface area contributed by atoms with Crippen molar-refractivity contribution < 1.29 is 9.53 Å². The van der Waals surface area contributed by atoms with Gasteiger partial charge in [-0.3, -0.25) is 4.79 Å². The summed E-state index contributed by atoms with van der Waals surface area (Å²) in [5, 5.41) is 3.43. The molecule has 1 heterocycles. The first-order valence-corrected chi connectivity index (χ1v) is 6.60. The Labute approximate surface area is 105 Å². The molecule has 0 aromatic heterocycles. The van der Waals surface area contributed by atoms with E-state index in [1.54, 1.807) is 0 Å². The van der Waals surface area contributed by atoms with Gasteiger partial charge in [0.25, 0.3) is 0 Å². The van der Waals surface area contributed by atoms with E-state index in [4.69, 9.17) is 4.74 Å². The van der Waals surface area contributed by atoms with Crippen LogP contribution in [0.15, 0.2) is 0 Å². The molecule has 0 saturated carbocycles. The molecule has 0 aliphatic carbocycles. The van der Waals surface area contributed by atoms with Crippen LogP contribution in [0.3, 0.4) is 0 Å². The van der Waals surface area contributed by atoms with E-state index in [9.17, 15) is 4.79 Å². The van der Waals surface area contributed by atoms with Gasteiger partial charge in [-0.1, -0.05) is 20.8 Å². The van der Waals surface area contributed by atoms with Gasteiger partial charge in [0.15, 0.2) is 0 Å². The Bertz CT molecular complexity index is 246. The van der Waals surface area contributed by atoms with Crippen molar-refractivity contribution in [3.05, 3.63) is 0 Å². The summed E-state index contributed by atoms with van der Waals surface area (Å²) >= 11 is 0. The molecule has 0 atom stereocenters. The topological polar surface area (TPSA) is 41.6 Å². The number of carbonyl (C=O) groups is 1. The number of ether oxygens (including phenoxy) is 1. The number of likely N-dealkylation sites (tertiary alicyclic amines) is 1. The molecule has 0 unspecified atom stereocenters. The first-order valence-electron chi connectivity index (χ1n) is 6.60. The van der Waals surface area contributed by atoms with E-state index < -0.39 is 5.54 Å². The molecule has 0 aromatic carbocycles. The number of rotatable bonds is 5. The number of nitrogens with zero attached hydrogens (tertiary/aromatic N) is 1. The molecule has 4 nitrogen and oxygen atoms in total. The molecule has 0 aromatic rings. The average molecular weight is 242 g/mol. The smallest absolute Gasteiger partial charge is 0.326 e. The van der Waals surface area contributed by atoms with E-state index in [2.05, 4.69) is 31.0 Å². The minimum Gasteiger partial charge on any atom is -0.468 e. The molecule has 0 spiro atoms. The Morgan fingerprint density at radius 3 is 2.41 bits per heavy atom. The minimum atomic E-state index is -0.454. The van der Waals surface area contributed by atoms with Crippen LogP contribution in [-0.4, -0.2) is 49.7 Å². The highest BCUT2D eigenvalue weighted by atomic mass is 16.5. The second-order valence-electron chi connectivity index (χ2n) is 5.28. The minimum absolute atomic E-state index is 0.103. The molecule has 0 bridgehead atoms. The number of methoxy groups -OCH3 is 1. The van der Waals surface area contributed by atoms with Crippen LogP contribution in [0.5, 0.6) is 0 Å². The monoisotopic (exact) mass is 242 g/mol. The highest BCUT2D eigenvalue weighted by Crippen LogP contribution is 2.24. The van der Waals surface area contributed by atoms with Crippen molar-refractivity contribution in [2.75, 3.05) is 33.3 Å². The molecular weight excluding hydrogens is 216 g/mol. The Morgan fingerprint density at radius 2 is 2.00 bits per heavy atom. The molecule has 1 saturated heterocycles. The number of nitrogens with one attached hydrogen (secondary N) is 1. The van der Waals surface area contributed by atoms with Gasteiger partial charge < -0.3 is 15.0 Å². The van der Waals surface area contributed by atoms with Crippen molar-refractivity contribution in [1.82, 2.24) is 10.2 Å². The molecule has 0 amide bonds. The summed E-state index contributed by atoms with van der Waals surface area (Å²) in [6.07, 6.45) is 1.69. The zero-order valence-electron chi connectivity index (χ0n) is 11.6. The standard InChI is InChI=1S/C13H26N2O2/c1-5-15-8-6-13(7-9-15,12(16)17-4)14-10-11(2)3/h11,14H,5-10H2,1-4H3. The zero-order valence-corrected chi connectivity index (χ0v) is 11.6. The van der Waals surface area contributed by atoms with E-state index in [-0.39, 0.29) is 5.97 Å². The fraction of sp³-hybridized carbons (Fsp3) is 0.923. The maximum atomic E-state index is 12.0. The Kier molecular flexibility index (Phi) is 5.40. The summed E-state index contributed by atoms with van der Waals surface area (Å²) in [5.74, 6) is 0.439. The SMILES string of the molecule is CCN1CCC(NCC(C)C)(C(=O)OC)CC1. The molecule has 4 heteroatoms. The van der Waals surface area contributed by atoms with Crippen LogP contribution in [0.4, 0.5) is 0 Å². The van der Waals surface area contributed by atoms with Gasteiger partial charge in [0.05, 0.1) is 7.11 Å². The van der Waals surface area contributed by atoms with Gasteiger partial charge in [-0.25, -0.2) is 0 Å². The van der Waals surface area contributed by atoms with Crippen molar-refractivity contribution in [2.24, 2.45) is 5.92 Å². The number of esters is 1. The van der Waals surface area contributed by atoms with E-state index in [1.165, 1.54) is 7.11 Å². The molecule has 17 heavy (non-hydrogen) atoms. The van der Waals surface area contributed by atoms with E-state index in [0.717, 1.165) is 39.0 Å². The molecule has 1 aliphatic heterocycles. The fourth-order valence-electron chi connectivity index (χ4n) is 2.30. The van der Waals surface area contributed by atoms with Gasteiger partial charge in [-0.05, 0) is 31.8 Å². The number of hydrogen-bond donors (Lipinski definition) is 1. The predicted molar refractivity (Wildman–Crippen MR) is 68.9 cm³/mol.